The van der Waals surface area contributed by atoms with Gasteiger partial charge in [0, 0.05) is 5.92 Å². The Balaban J connectivity index is 3.26. The van der Waals surface area contributed by atoms with Gasteiger partial charge in [-0.15, -0.1) is 0 Å². The first-order valence-corrected chi connectivity index (χ1v) is 3.54. The summed E-state index contributed by atoms with van der Waals surface area (Å²) >= 11 is 0. The lowest BCUT2D eigenvalue weighted by Gasteiger charge is -2.13. The second-order valence-electron chi connectivity index (χ2n) is 2.61. The average molecular weight is 148 g/mol. The van der Waals surface area contributed by atoms with Crippen molar-refractivity contribution in [3.05, 3.63) is 0 Å². The number of hydrogen-bond donors (Lipinski definition) is 2. The summed E-state index contributed by atoms with van der Waals surface area (Å²) in [5.74, 6) is -0.123. The number of aliphatic hydroxyl groups excluding tert-OH is 2. The van der Waals surface area contributed by atoms with Gasteiger partial charge in [0.05, 0.1) is 25.9 Å². The monoisotopic (exact) mass is 148 g/mol. The molecule has 10 heavy (non-hydrogen) atoms. The maximum Gasteiger partial charge on any atom is 0.0541 e. The van der Waals surface area contributed by atoms with Gasteiger partial charge in [-0.25, -0.2) is 0 Å². The van der Waals surface area contributed by atoms with Gasteiger partial charge in [-0.2, -0.15) is 0 Å². The third-order valence-electron chi connectivity index (χ3n) is 1.18. The van der Waals surface area contributed by atoms with Gasteiger partial charge < -0.3 is 14.9 Å². The quantitative estimate of drug-likeness (QED) is 0.577. The van der Waals surface area contributed by atoms with Gasteiger partial charge in [-0.05, 0) is 13.8 Å². The zero-order chi connectivity index (χ0) is 7.98. The van der Waals surface area contributed by atoms with Crippen molar-refractivity contribution in [1.29, 1.82) is 0 Å². The Labute approximate surface area is 61.6 Å². The van der Waals surface area contributed by atoms with E-state index in [4.69, 9.17) is 14.9 Å². The molecule has 0 heterocycles. The number of rotatable bonds is 5. The smallest absolute Gasteiger partial charge is 0.0541 e. The van der Waals surface area contributed by atoms with Gasteiger partial charge in [-0.3, -0.25) is 0 Å². The highest BCUT2D eigenvalue weighted by Gasteiger charge is 2.05. The SMILES string of the molecule is CC(C)OCC(CO)CO. The molecule has 0 amide bonds. The highest BCUT2D eigenvalue weighted by atomic mass is 16.5. The largest absolute Gasteiger partial charge is 0.396 e. The van der Waals surface area contributed by atoms with E-state index in [0.29, 0.717) is 6.61 Å². The molecule has 62 valence electrons. The third kappa shape index (κ3) is 4.73. The molecule has 0 aliphatic carbocycles. The molecule has 0 aliphatic heterocycles. The molecule has 0 saturated carbocycles. The fourth-order valence-corrected chi connectivity index (χ4v) is 0.492. The molecule has 0 aliphatic rings. The summed E-state index contributed by atoms with van der Waals surface area (Å²) in [5, 5.41) is 17.2. The molecule has 3 nitrogen and oxygen atoms in total. The Hall–Kier alpha value is -0.120. The minimum atomic E-state index is -0.123. The lowest BCUT2D eigenvalue weighted by Crippen LogP contribution is -2.20. The first kappa shape index (κ1) is 9.88. The van der Waals surface area contributed by atoms with E-state index in [1.165, 1.54) is 0 Å². The molecule has 0 aromatic rings. The van der Waals surface area contributed by atoms with Crippen molar-refractivity contribution in [3.63, 3.8) is 0 Å². The van der Waals surface area contributed by atoms with Crippen molar-refractivity contribution in [1.82, 2.24) is 0 Å². The van der Waals surface area contributed by atoms with Crippen LogP contribution in [0.5, 0.6) is 0 Å². The zero-order valence-corrected chi connectivity index (χ0v) is 6.58. The van der Waals surface area contributed by atoms with Crippen LogP contribution in [0.15, 0.2) is 0 Å². The summed E-state index contributed by atoms with van der Waals surface area (Å²) < 4.78 is 5.17. The zero-order valence-electron chi connectivity index (χ0n) is 6.58. The van der Waals surface area contributed by atoms with Gasteiger partial charge in [0.2, 0.25) is 0 Å². The van der Waals surface area contributed by atoms with Crippen LogP contribution >= 0.6 is 0 Å². The standard InChI is InChI=1S/C7H16O3/c1-6(2)10-5-7(3-8)4-9/h6-9H,3-5H2,1-2H3. The van der Waals surface area contributed by atoms with Crippen molar-refractivity contribution in [2.24, 2.45) is 5.92 Å². The van der Waals surface area contributed by atoms with Gasteiger partial charge in [0.1, 0.15) is 0 Å². The molecule has 2 N–H and O–H groups in total. The van der Waals surface area contributed by atoms with Crippen molar-refractivity contribution in [3.8, 4) is 0 Å². The molecule has 0 bridgehead atoms. The van der Waals surface area contributed by atoms with Crippen molar-refractivity contribution < 1.29 is 14.9 Å². The van der Waals surface area contributed by atoms with Crippen LogP contribution in [-0.4, -0.2) is 36.1 Å². The first-order valence-electron chi connectivity index (χ1n) is 3.54. The van der Waals surface area contributed by atoms with Crippen LogP contribution < -0.4 is 0 Å². The molecule has 0 unspecified atom stereocenters. The first-order chi connectivity index (χ1) is 4.70. The van der Waals surface area contributed by atoms with Crippen LogP contribution in [0.3, 0.4) is 0 Å². The fourth-order valence-electron chi connectivity index (χ4n) is 0.492. The number of aliphatic hydroxyl groups is 2. The van der Waals surface area contributed by atoms with E-state index in [1.54, 1.807) is 0 Å². The Morgan fingerprint density at radius 1 is 1.20 bits per heavy atom. The van der Waals surface area contributed by atoms with E-state index in [1.807, 2.05) is 13.8 Å². The average Bonchev–Trinajstić information content (AvgIpc) is 1.90. The second-order valence-corrected chi connectivity index (χ2v) is 2.61. The molecular weight excluding hydrogens is 132 g/mol. The highest BCUT2D eigenvalue weighted by Crippen LogP contribution is 1.97. The Kier molecular flexibility index (Phi) is 5.58. The second kappa shape index (κ2) is 5.65. The Morgan fingerprint density at radius 3 is 2.00 bits per heavy atom. The van der Waals surface area contributed by atoms with E-state index in [9.17, 15) is 0 Å². The summed E-state index contributed by atoms with van der Waals surface area (Å²) in [7, 11) is 0. The predicted octanol–water partition coefficient (Wildman–Crippen LogP) is 0.0122. The Morgan fingerprint density at radius 2 is 1.70 bits per heavy atom. The molecule has 0 atom stereocenters. The van der Waals surface area contributed by atoms with Crippen LogP contribution in [0.2, 0.25) is 0 Å². The van der Waals surface area contributed by atoms with Gasteiger partial charge in [0.25, 0.3) is 0 Å². The minimum absolute atomic E-state index is 0.0107. The normalized spacial score (nSPS) is 11.4. The van der Waals surface area contributed by atoms with E-state index >= 15 is 0 Å². The summed E-state index contributed by atoms with van der Waals surface area (Å²) in [6.45, 7) is 4.26. The molecule has 0 rings (SSSR count). The summed E-state index contributed by atoms with van der Waals surface area (Å²) in [6, 6.07) is 0. The van der Waals surface area contributed by atoms with Gasteiger partial charge in [-0.1, -0.05) is 0 Å². The molecule has 0 radical (unpaired) electrons. The Bertz CT molecular complexity index is 69.3. The third-order valence-corrected chi connectivity index (χ3v) is 1.18. The highest BCUT2D eigenvalue weighted by molar-refractivity contribution is 4.53. The lowest BCUT2D eigenvalue weighted by molar-refractivity contribution is 0.0149. The molecule has 0 saturated heterocycles. The van der Waals surface area contributed by atoms with Crippen LogP contribution in [0.25, 0.3) is 0 Å². The summed E-state index contributed by atoms with van der Waals surface area (Å²) in [6.07, 6.45) is 0.167. The van der Waals surface area contributed by atoms with E-state index in [-0.39, 0.29) is 25.2 Å². The van der Waals surface area contributed by atoms with Crippen LogP contribution in [0.1, 0.15) is 13.8 Å². The maximum atomic E-state index is 8.60. The molecule has 0 fully saturated rings. The summed E-state index contributed by atoms with van der Waals surface area (Å²) in [4.78, 5) is 0. The predicted molar refractivity (Wildman–Crippen MR) is 38.7 cm³/mol. The fraction of sp³-hybridized carbons (Fsp3) is 1.00. The van der Waals surface area contributed by atoms with E-state index in [0.717, 1.165) is 0 Å². The van der Waals surface area contributed by atoms with E-state index < -0.39 is 0 Å². The van der Waals surface area contributed by atoms with Gasteiger partial charge >= 0.3 is 0 Å². The van der Waals surface area contributed by atoms with E-state index in [2.05, 4.69) is 0 Å². The summed E-state index contributed by atoms with van der Waals surface area (Å²) in [5.41, 5.74) is 0. The number of ether oxygens (including phenoxy) is 1. The molecular formula is C7H16O3. The van der Waals surface area contributed by atoms with Crippen LogP contribution in [-0.2, 0) is 4.74 Å². The van der Waals surface area contributed by atoms with Crippen LogP contribution in [0.4, 0.5) is 0 Å². The van der Waals surface area contributed by atoms with Gasteiger partial charge in [0.15, 0.2) is 0 Å². The van der Waals surface area contributed by atoms with Crippen molar-refractivity contribution in [2.45, 2.75) is 20.0 Å². The topological polar surface area (TPSA) is 49.7 Å². The lowest BCUT2D eigenvalue weighted by atomic mass is 10.2. The van der Waals surface area contributed by atoms with Crippen molar-refractivity contribution in [2.75, 3.05) is 19.8 Å². The molecule has 3 heteroatoms. The molecule has 0 aromatic heterocycles. The number of hydrogen-bond acceptors (Lipinski definition) is 3. The maximum absolute atomic E-state index is 8.60. The minimum Gasteiger partial charge on any atom is -0.396 e. The van der Waals surface area contributed by atoms with Crippen molar-refractivity contribution >= 4 is 0 Å². The van der Waals surface area contributed by atoms with Crippen LogP contribution in [0, 0.1) is 5.92 Å². The molecule has 0 spiro atoms. The molecule has 0 aromatic carbocycles.